The standard InChI is InChI=1S/C28H24FNO5/c1-3-35-28(34)20-9-7-18(8-10-20)16-30-24(21-6-4-5-17(2)15-21)23(26(32)27(30)33)25(31)19-11-13-22(29)14-12-19/h4-15,24,31H,3,16H2,1-2H3/b25-23+. The number of aliphatic hydroxyl groups excluding tert-OH is 1. The van der Waals surface area contributed by atoms with Crippen molar-refractivity contribution in [3.05, 3.63) is 112 Å². The molecule has 178 valence electrons. The van der Waals surface area contributed by atoms with Crippen molar-refractivity contribution in [1.82, 2.24) is 4.90 Å². The number of hydrogen-bond donors (Lipinski definition) is 1. The Bertz CT molecular complexity index is 1310. The van der Waals surface area contributed by atoms with Crippen LogP contribution in [-0.2, 0) is 20.9 Å². The second-order valence-electron chi connectivity index (χ2n) is 8.27. The first-order valence-electron chi connectivity index (χ1n) is 11.2. The van der Waals surface area contributed by atoms with Crippen LogP contribution in [0.1, 0.15) is 45.6 Å². The number of carbonyl (C=O) groups is 3. The third-order valence-electron chi connectivity index (χ3n) is 5.83. The van der Waals surface area contributed by atoms with E-state index in [9.17, 15) is 23.9 Å². The van der Waals surface area contributed by atoms with E-state index in [4.69, 9.17) is 4.74 Å². The summed E-state index contributed by atoms with van der Waals surface area (Å²) in [5.41, 5.74) is 2.84. The van der Waals surface area contributed by atoms with E-state index in [1.54, 1.807) is 37.3 Å². The molecule has 0 radical (unpaired) electrons. The van der Waals surface area contributed by atoms with Crippen LogP contribution in [0.15, 0.2) is 78.4 Å². The highest BCUT2D eigenvalue weighted by Gasteiger charge is 2.46. The van der Waals surface area contributed by atoms with E-state index in [1.807, 2.05) is 25.1 Å². The molecule has 0 aliphatic carbocycles. The number of aryl methyl sites for hydroxylation is 1. The fraction of sp³-hybridized carbons (Fsp3) is 0.179. The molecule has 1 fully saturated rings. The molecule has 4 rings (SSSR count). The molecule has 1 aliphatic heterocycles. The lowest BCUT2D eigenvalue weighted by Gasteiger charge is -2.26. The average molecular weight is 474 g/mol. The van der Waals surface area contributed by atoms with E-state index < -0.39 is 29.5 Å². The zero-order chi connectivity index (χ0) is 25.1. The van der Waals surface area contributed by atoms with Gasteiger partial charge in [0.25, 0.3) is 11.7 Å². The van der Waals surface area contributed by atoms with Crippen molar-refractivity contribution in [2.75, 3.05) is 6.61 Å². The van der Waals surface area contributed by atoms with Crippen LogP contribution in [0.3, 0.4) is 0 Å². The second-order valence-corrected chi connectivity index (χ2v) is 8.27. The average Bonchev–Trinajstić information content (AvgIpc) is 3.09. The SMILES string of the molecule is CCOC(=O)c1ccc(CN2C(=O)C(=O)/C(=C(/O)c3ccc(F)cc3)C2c2cccc(C)c2)cc1. The summed E-state index contributed by atoms with van der Waals surface area (Å²) in [6.45, 7) is 3.95. The van der Waals surface area contributed by atoms with Crippen LogP contribution < -0.4 is 0 Å². The molecule has 6 nitrogen and oxygen atoms in total. The molecule has 1 saturated heterocycles. The van der Waals surface area contributed by atoms with Gasteiger partial charge in [-0.2, -0.15) is 0 Å². The molecule has 1 heterocycles. The number of nitrogens with zero attached hydrogens (tertiary/aromatic N) is 1. The highest BCUT2D eigenvalue weighted by Crippen LogP contribution is 2.40. The van der Waals surface area contributed by atoms with Crippen LogP contribution in [0, 0.1) is 12.7 Å². The topological polar surface area (TPSA) is 83.9 Å². The number of amides is 1. The number of esters is 1. The number of ether oxygens (including phenoxy) is 1. The van der Waals surface area contributed by atoms with Crippen molar-refractivity contribution >= 4 is 23.4 Å². The highest BCUT2D eigenvalue weighted by atomic mass is 19.1. The first-order chi connectivity index (χ1) is 16.8. The Labute approximate surface area is 202 Å². The van der Waals surface area contributed by atoms with Gasteiger partial charge in [-0.3, -0.25) is 9.59 Å². The predicted octanol–water partition coefficient (Wildman–Crippen LogP) is 4.93. The normalized spacial score (nSPS) is 17.0. The lowest BCUT2D eigenvalue weighted by atomic mass is 9.94. The van der Waals surface area contributed by atoms with Crippen molar-refractivity contribution in [1.29, 1.82) is 0 Å². The minimum atomic E-state index is -0.843. The molecule has 1 aliphatic rings. The zero-order valence-electron chi connectivity index (χ0n) is 19.3. The number of ketones is 1. The molecular formula is C28H24FNO5. The Morgan fingerprint density at radius 3 is 2.29 bits per heavy atom. The maximum atomic E-state index is 13.4. The minimum Gasteiger partial charge on any atom is -0.507 e. The number of halogens is 1. The van der Waals surface area contributed by atoms with Gasteiger partial charge in [0.15, 0.2) is 0 Å². The van der Waals surface area contributed by atoms with E-state index in [0.29, 0.717) is 16.7 Å². The molecular weight excluding hydrogens is 449 g/mol. The number of likely N-dealkylation sites (tertiary alicyclic amines) is 1. The summed E-state index contributed by atoms with van der Waals surface area (Å²) in [5.74, 6) is -2.87. The Kier molecular flexibility index (Phi) is 6.78. The third kappa shape index (κ3) is 4.84. The van der Waals surface area contributed by atoms with E-state index >= 15 is 0 Å². The van der Waals surface area contributed by atoms with E-state index in [1.165, 1.54) is 29.2 Å². The number of benzene rings is 3. The number of aliphatic hydroxyl groups is 1. The van der Waals surface area contributed by atoms with Gasteiger partial charge in [0.2, 0.25) is 0 Å². The van der Waals surface area contributed by atoms with Gasteiger partial charge in [-0.15, -0.1) is 0 Å². The van der Waals surface area contributed by atoms with Crippen molar-refractivity contribution in [3.8, 4) is 0 Å². The second kappa shape index (κ2) is 9.93. The van der Waals surface area contributed by atoms with Crippen molar-refractivity contribution in [2.45, 2.75) is 26.4 Å². The molecule has 0 aromatic heterocycles. The molecule has 1 atom stereocenters. The zero-order valence-corrected chi connectivity index (χ0v) is 19.3. The van der Waals surface area contributed by atoms with Gasteiger partial charge in [0.1, 0.15) is 11.6 Å². The summed E-state index contributed by atoms with van der Waals surface area (Å²) in [4.78, 5) is 39.6. The van der Waals surface area contributed by atoms with Gasteiger partial charge in [-0.05, 0) is 61.4 Å². The van der Waals surface area contributed by atoms with Gasteiger partial charge < -0.3 is 14.7 Å². The maximum absolute atomic E-state index is 13.4. The monoisotopic (exact) mass is 473 g/mol. The van der Waals surface area contributed by atoms with Crippen LogP contribution >= 0.6 is 0 Å². The largest absolute Gasteiger partial charge is 0.507 e. The maximum Gasteiger partial charge on any atom is 0.338 e. The van der Waals surface area contributed by atoms with E-state index in [0.717, 1.165) is 5.56 Å². The van der Waals surface area contributed by atoms with E-state index in [-0.39, 0.29) is 30.0 Å². The quantitative estimate of drug-likeness (QED) is 0.237. The van der Waals surface area contributed by atoms with Gasteiger partial charge >= 0.3 is 5.97 Å². The number of rotatable bonds is 6. The lowest BCUT2D eigenvalue weighted by Crippen LogP contribution is -2.29. The van der Waals surface area contributed by atoms with Crippen molar-refractivity contribution in [2.24, 2.45) is 0 Å². The van der Waals surface area contributed by atoms with Crippen LogP contribution in [-0.4, -0.2) is 34.3 Å². The first kappa shape index (κ1) is 23.9. The van der Waals surface area contributed by atoms with Crippen LogP contribution in [0.2, 0.25) is 0 Å². The number of carbonyl (C=O) groups excluding carboxylic acids is 3. The Balaban J connectivity index is 1.76. The smallest absolute Gasteiger partial charge is 0.338 e. The van der Waals surface area contributed by atoms with Gasteiger partial charge in [0, 0.05) is 12.1 Å². The Hall–Kier alpha value is -4.26. The fourth-order valence-corrected chi connectivity index (χ4v) is 4.15. The summed E-state index contributed by atoms with van der Waals surface area (Å²) in [5, 5.41) is 11.0. The first-order valence-corrected chi connectivity index (χ1v) is 11.2. The highest BCUT2D eigenvalue weighted by molar-refractivity contribution is 6.46. The Morgan fingerprint density at radius 2 is 1.66 bits per heavy atom. The molecule has 1 amide bonds. The molecule has 1 unspecified atom stereocenters. The third-order valence-corrected chi connectivity index (χ3v) is 5.83. The summed E-state index contributed by atoms with van der Waals surface area (Å²) in [7, 11) is 0. The van der Waals surface area contributed by atoms with Gasteiger partial charge in [-0.1, -0.05) is 42.0 Å². The molecule has 1 N–H and O–H groups in total. The molecule has 7 heteroatoms. The van der Waals surface area contributed by atoms with Crippen molar-refractivity contribution < 1.29 is 28.6 Å². The van der Waals surface area contributed by atoms with Crippen LogP contribution in [0.25, 0.3) is 5.76 Å². The molecule has 0 spiro atoms. The molecule has 0 bridgehead atoms. The predicted molar refractivity (Wildman–Crippen MR) is 128 cm³/mol. The molecule has 35 heavy (non-hydrogen) atoms. The molecule has 0 saturated carbocycles. The number of Topliss-reactive ketones (excluding diaryl/α,β-unsaturated/α-hetero) is 1. The van der Waals surface area contributed by atoms with Crippen molar-refractivity contribution in [3.63, 3.8) is 0 Å². The number of hydrogen-bond acceptors (Lipinski definition) is 5. The van der Waals surface area contributed by atoms with Gasteiger partial charge in [0.05, 0.1) is 23.8 Å². The molecule has 3 aromatic carbocycles. The fourth-order valence-electron chi connectivity index (χ4n) is 4.15. The van der Waals surface area contributed by atoms with Crippen LogP contribution in [0.4, 0.5) is 4.39 Å². The molecule has 3 aromatic rings. The lowest BCUT2D eigenvalue weighted by molar-refractivity contribution is -0.140. The summed E-state index contributed by atoms with van der Waals surface area (Å²) in [6, 6.07) is 18.2. The van der Waals surface area contributed by atoms with E-state index in [2.05, 4.69) is 0 Å². The minimum absolute atomic E-state index is 0.0599. The van der Waals surface area contributed by atoms with Crippen LogP contribution in [0.5, 0.6) is 0 Å². The summed E-state index contributed by atoms with van der Waals surface area (Å²) < 4.78 is 18.4. The Morgan fingerprint density at radius 1 is 1.00 bits per heavy atom. The summed E-state index contributed by atoms with van der Waals surface area (Å²) >= 11 is 0. The van der Waals surface area contributed by atoms with Gasteiger partial charge in [-0.25, -0.2) is 9.18 Å². The summed E-state index contributed by atoms with van der Waals surface area (Å²) in [6.07, 6.45) is 0.